The minimum atomic E-state index is -0.364. The summed E-state index contributed by atoms with van der Waals surface area (Å²) in [6, 6.07) is 7.10. The fourth-order valence-electron chi connectivity index (χ4n) is 2.57. The van der Waals surface area contributed by atoms with Crippen LogP contribution in [0.25, 0.3) is 0 Å². The van der Waals surface area contributed by atoms with Crippen LogP contribution >= 0.6 is 12.4 Å². The van der Waals surface area contributed by atoms with Crippen molar-refractivity contribution in [2.45, 2.75) is 25.8 Å². The SMILES string of the molecule is CC(N)C1CCN(CCc2ccc([N+](=O)[O-])cc2)C1.Cl. The van der Waals surface area contributed by atoms with E-state index in [1.165, 1.54) is 6.42 Å². The second-order valence-electron chi connectivity index (χ2n) is 5.38. The third kappa shape index (κ3) is 4.44. The molecule has 2 N–H and O–H groups in total. The van der Waals surface area contributed by atoms with Crippen LogP contribution < -0.4 is 5.73 Å². The van der Waals surface area contributed by atoms with E-state index in [4.69, 9.17) is 5.73 Å². The number of nitrogens with zero attached hydrogens (tertiary/aromatic N) is 2. The van der Waals surface area contributed by atoms with Crippen molar-refractivity contribution in [3.05, 3.63) is 39.9 Å². The van der Waals surface area contributed by atoms with Crippen LogP contribution in [0.3, 0.4) is 0 Å². The van der Waals surface area contributed by atoms with Crippen molar-refractivity contribution in [3.63, 3.8) is 0 Å². The Kier molecular flexibility index (Phi) is 6.39. The van der Waals surface area contributed by atoms with Crippen molar-refractivity contribution >= 4 is 18.1 Å². The highest BCUT2D eigenvalue weighted by molar-refractivity contribution is 5.85. The third-order valence-electron chi connectivity index (χ3n) is 3.92. The quantitative estimate of drug-likeness (QED) is 0.668. The lowest BCUT2D eigenvalue weighted by atomic mass is 10.0. The van der Waals surface area contributed by atoms with E-state index >= 15 is 0 Å². The van der Waals surface area contributed by atoms with E-state index in [0.29, 0.717) is 5.92 Å². The molecule has 1 aliphatic rings. The predicted molar refractivity (Wildman–Crippen MR) is 82.2 cm³/mol. The molecule has 0 aliphatic carbocycles. The minimum Gasteiger partial charge on any atom is -0.328 e. The summed E-state index contributed by atoms with van der Waals surface area (Å²) in [6.07, 6.45) is 2.11. The van der Waals surface area contributed by atoms with Crippen molar-refractivity contribution in [3.8, 4) is 0 Å². The molecular weight excluding hydrogens is 278 g/mol. The Morgan fingerprint density at radius 3 is 2.60 bits per heavy atom. The van der Waals surface area contributed by atoms with E-state index in [1.54, 1.807) is 12.1 Å². The summed E-state index contributed by atoms with van der Waals surface area (Å²) in [5, 5.41) is 10.6. The van der Waals surface area contributed by atoms with E-state index in [9.17, 15) is 10.1 Å². The highest BCUT2D eigenvalue weighted by Crippen LogP contribution is 2.19. The van der Waals surface area contributed by atoms with Gasteiger partial charge in [0.1, 0.15) is 0 Å². The normalized spacial score (nSPS) is 20.4. The maximum absolute atomic E-state index is 10.6. The van der Waals surface area contributed by atoms with E-state index in [0.717, 1.165) is 31.6 Å². The van der Waals surface area contributed by atoms with Crippen molar-refractivity contribution in [1.29, 1.82) is 0 Å². The second-order valence-corrected chi connectivity index (χ2v) is 5.38. The molecule has 20 heavy (non-hydrogen) atoms. The van der Waals surface area contributed by atoms with Gasteiger partial charge in [0.25, 0.3) is 5.69 Å². The van der Waals surface area contributed by atoms with Gasteiger partial charge in [-0.05, 0) is 37.8 Å². The fourth-order valence-corrected chi connectivity index (χ4v) is 2.57. The lowest BCUT2D eigenvalue weighted by Crippen LogP contribution is -2.30. The molecule has 1 aromatic rings. The number of halogens is 1. The number of hydrogen-bond acceptors (Lipinski definition) is 4. The lowest BCUT2D eigenvalue weighted by Gasteiger charge is -2.17. The van der Waals surface area contributed by atoms with Crippen molar-refractivity contribution in [1.82, 2.24) is 4.90 Å². The molecule has 1 saturated heterocycles. The van der Waals surface area contributed by atoms with Crippen LogP contribution in [0.15, 0.2) is 24.3 Å². The lowest BCUT2D eigenvalue weighted by molar-refractivity contribution is -0.384. The number of benzene rings is 1. The van der Waals surface area contributed by atoms with Gasteiger partial charge in [0, 0.05) is 31.3 Å². The maximum Gasteiger partial charge on any atom is 0.269 e. The first-order valence-electron chi connectivity index (χ1n) is 6.77. The molecule has 0 bridgehead atoms. The van der Waals surface area contributed by atoms with Gasteiger partial charge in [-0.15, -0.1) is 12.4 Å². The molecule has 1 aromatic carbocycles. The van der Waals surface area contributed by atoms with E-state index < -0.39 is 0 Å². The Morgan fingerprint density at radius 2 is 2.10 bits per heavy atom. The van der Waals surface area contributed by atoms with Gasteiger partial charge in [0.05, 0.1) is 4.92 Å². The summed E-state index contributed by atoms with van der Waals surface area (Å²) in [7, 11) is 0. The highest BCUT2D eigenvalue weighted by atomic mass is 35.5. The van der Waals surface area contributed by atoms with Gasteiger partial charge < -0.3 is 10.6 Å². The molecular formula is C14H22ClN3O2. The number of nitro groups is 1. The maximum atomic E-state index is 10.6. The average Bonchev–Trinajstić information content (AvgIpc) is 2.86. The second kappa shape index (κ2) is 7.57. The zero-order valence-corrected chi connectivity index (χ0v) is 12.5. The van der Waals surface area contributed by atoms with Crippen LogP contribution in [0.5, 0.6) is 0 Å². The number of hydrogen-bond donors (Lipinski definition) is 1. The molecule has 2 rings (SSSR count). The summed E-state index contributed by atoms with van der Waals surface area (Å²) in [4.78, 5) is 12.6. The molecule has 1 fully saturated rings. The zero-order chi connectivity index (χ0) is 13.8. The molecule has 2 unspecified atom stereocenters. The Hall–Kier alpha value is -1.17. The van der Waals surface area contributed by atoms with Gasteiger partial charge in [-0.3, -0.25) is 10.1 Å². The Balaban J connectivity index is 0.00000200. The Morgan fingerprint density at radius 1 is 1.45 bits per heavy atom. The van der Waals surface area contributed by atoms with E-state index in [1.807, 2.05) is 12.1 Å². The zero-order valence-electron chi connectivity index (χ0n) is 11.7. The van der Waals surface area contributed by atoms with Gasteiger partial charge in [-0.2, -0.15) is 0 Å². The topological polar surface area (TPSA) is 72.4 Å². The van der Waals surface area contributed by atoms with Crippen LogP contribution in [0.1, 0.15) is 18.9 Å². The number of nitrogens with two attached hydrogens (primary N) is 1. The van der Waals surface area contributed by atoms with Crippen LogP contribution in [0.2, 0.25) is 0 Å². The van der Waals surface area contributed by atoms with Crippen LogP contribution in [-0.4, -0.2) is 35.5 Å². The largest absolute Gasteiger partial charge is 0.328 e. The van der Waals surface area contributed by atoms with Crippen LogP contribution in [0.4, 0.5) is 5.69 Å². The average molecular weight is 300 g/mol. The molecule has 0 radical (unpaired) electrons. The van der Waals surface area contributed by atoms with Crippen LogP contribution in [0, 0.1) is 16.0 Å². The number of rotatable bonds is 5. The molecule has 0 spiro atoms. The van der Waals surface area contributed by atoms with Crippen molar-refractivity contribution in [2.75, 3.05) is 19.6 Å². The summed E-state index contributed by atoms with van der Waals surface area (Å²) < 4.78 is 0. The molecule has 5 nitrogen and oxygen atoms in total. The number of likely N-dealkylation sites (tertiary alicyclic amines) is 1. The Bertz CT molecular complexity index is 437. The molecule has 6 heteroatoms. The fraction of sp³-hybridized carbons (Fsp3) is 0.571. The van der Waals surface area contributed by atoms with Crippen LogP contribution in [-0.2, 0) is 6.42 Å². The first kappa shape index (κ1) is 16.9. The first-order chi connectivity index (χ1) is 9.06. The summed E-state index contributed by atoms with van der Waals surface area (Å²) in [5.41, 5.74) is 7.22. The summed E-state index contributed by atoms with van der Waals surface area (Å²) in [5.74, 6) is 0.608. The number of nitro benzene ring substituents is 1. The molecule has 2 atom stereocenters. The van der Waals surface area contributed by atoms with Gasteiger partial charge >= 0.3 is 0 Å². The minimum absolute atomic E-state index is 0. The van der Waals surface area contributed by atoms with Gasteiger partial charge in [-0.25, -0.2) is 0 Å². The standard InChI is InChI=1S/C14H21N3O2.ClH/c1-11(15)13-7-9-16(10-13)8-6-12-2-4-14(5-3-12)17(18)19;/h2-5,11,13H,6-10,15H2,1H3;1H. The highest BCUT2D eigenvalue weighted by Gasteiger charge is 2.24. The predicted octanol–water partition coefficient (Wildman–Crippen LogP) is 2.23. The number of non-ortho nitro benzene ring substituents is 1. The summed E-state index contributed by atoms with van der Waals surface area (Å²) >= 11 is 0. The molecule has 0 aromatic heterocycles. The monoisotopic (exact) mass is 299 g/mol. The van der Waals surface area contributed by atoms with Gasteiger partial charge in [-0.1, -0.05) is 12.1 Å². The smallest absolute Gasteiger partial charge is 0.269 e. The molecule has 1 aliphatic heterocycles. The third-order valence-corrected chi connectivity index (χ3v) is 3.92. The van der Waals surface area contributed by atoms with E-state index in [2.05, 4.69) is 11.8 Å². The first-order valence-corrected chi connectivity index (χ1v) is 6.77. The van der Waals surface area contributed by atoms with Crippen molar-refractivity contribution in [2.24, 2.45) is 11.7 Å². The molecule has 0 saturated carbocycles. The molecule has 1 heterocycles. The summed E-state index contributed by atoms with van der Waals surface area (Å²) in [6.45, 7) is 5.26. The van der Waals surface area contributed by atoms with E-state index in [-0.39, 0.29) is 29.1 Å². The molecule has 112 valence electrons. The molecule has 0 amide bonds. The van der Waals surface area contributed by atoms with Gasteiger partial charge in [0.2, 0.25) is 0 Å². The van der Waals surface area contributed by atoms with Crippen molar-refractivity contribution < 1.29 is 4.92 Å². The van der Waals surface area contributed by atoms with Gasteiger partial charge in [0.15, 0.2) is 0 Å². The Labute approximate surface area is 125 Å².